The molecule has 46 valence electrons. The summed E-state index contributed by atoms with van der Waals surface area (Å²) in [5.41, 5.74) is 0.0703. The molecular weight excluding hydrogens is 104 g/mol. The molecule has 0 N–H and O–H groups in total. The molecule has 0 aromatic carbocycles. The third-order valence-corrected chi connectivity index (χ3v) is 1.45. The third kappa shape index (κ3) is 1.30. The van der Waals surface area contributed by atoms with E-state index in [1.165, 1.54) is 0 Å². The fourth-order valence-corrected chi connectivity index (χ4v) is 0.556. The summed E-state index contributed by atoms with van der Waals surface area (Å²) in [5.74, 6) is 0. The number of carbonyl (C=O) groups excluding carboxylic acids is 1. The van der Waals surface area contributed by atoms with Crippen LogP contribution in [0.1, 0.15) is 19.8 Å². The van der Waals surface area contributed by atoms with Crippen molar-refractivity contribution in [1.82, 2.24) is 0 Å². The van der Waals surface area contributed by atoms with Gasteiger partial charge in [-0.1, -0.05) is 0 Å². The van der Waals surface area contributed by atoms with Gasteiger partial charge in [0.15, 0.2) is 0 Å². The van der Waals surface area contributed by atoms with Crippen LogP contribution < -0.4 is 0 Å². The predicted octanol–water partition coefficient (Wildman–Crippen LogP) is 0.754. The predicted molar refractivity (Wildman–Crippen MR) is 29.7 cm³/mol. The Morgan fingerprint density at radius 2 is 2.38 bits per heavy atom. The lowest BCUT2D eigenvalue weighted by molar-refractivity contribution is -0.114. The van der Waals surface area contributed by atoms with Crippen LogP contribution in [-0.2, 0) is 9.53 Å². The number of hydrogen-bond acceptors (Lipinski definition) is 2. The molecule has 1 rings (SSSR count). The second-order valence-electron chi connectivity index (χ2n) is 2.43. The average Bonchev–Trinajstić information content (AvgIpc) is 2.45. The molecule has 0 atom stereocenters. The minimum atomic E-state index is 0.0703. The maximum atomic E-state index is 9.75. The van der Waals surface area contributed by atoms with Crippen molar-refractivity contribution in [1.29, 1.82) is 0 Å². The molecular formula is C6H10O2. The Bertz CT molecular complexity index is 94.7. The van der Waals surface area contributed by atoms with E-state index in [0.29, 0.717) is 0 Å². The SMILES string of the molecule is CC1(OCC=O)CC1. The molecule has 0 amide bonds. The van der Waals surface area contributed by atoms with Crippen LogP contribution in [0.5, 0.6) is 0 Å². The van der Waals surface area contributed by atoms with Crippen LogP contribution in [0, 0.1) is 0 Å². The molecule has 1 saturated carbocycles. The molecule has 1 aliphatic rings. The van der Waals surface area contributed by atoms with E-state index >= 15 is 0 Å². The van der Waals surface area contributed by atoms with E-state index < -0.39 is 0 Å². The van der Waals surface area contributed by atoms with E-state index in [2.05, 4.69) is 0 Å². The number of carbonyl (C=O) groups is 1. The zero-order chi connectivity index (χ0) is 6.04. The second kappa shape index (κ2) is 1.86. The van der Waals surface area contributed by atoms with Crippen LogP contribution in [0.4, 0.5) is 0 Å². The first-order chi connectivity index (χ1) is 3.77. The molecule has 0 saturated heterocycles. The fraction of sp³-hybridized carbons (Fsp3) is 0.833. The molecule has 2 nitrogen and oxygen atoms in total. The Labute approximate surface area is 48.8 Å². The number of hydrogen-bond donors (Lipinski definition) is 0. The summed E-state index contributed by atoms with van der Waals surface area (Å²) in [6.45, 7) is 2.28. The minimum absolute atomic E-state index is 0.0703. The fourth-order valence-electron chi connectivity index (χ4n) is 0.556. The van der Waals surface area contributed by atoms with Gasteiger partial charge in [-0.25, -0.2) is 0 Å². The number of aldehydes is 1. The van der Waals surface area contributed by atoms with Crippen LogP contribution in [0.2, 0.25) is 0 Å². The molecule has 0 radical (unpaired) electrons. The second-order valence-corrected chi connectivity index (χ2v) is 2.43. The molecule has 8 heavy (non-hydrogen) atoms. The van der Waals surface area contributed by atoms with Gasteiger partial charge in [-0.2, -0.15) is 0 Å². The van der Waals surface area contributed by atoms with Crippen molar-refractivity contribution in [2.45, 2.75) is 25.4 Å². The standard InChI is InChI=1S/C6H10O2/c1-6(2-3-6)8-5-4-7/h4H,2-3,5H2,1H3. The van der Waals surface area contributed by atoms with Crippen LogP contribution in [0.25, 0.3) is 0 Å². The lowest BCUT2D eigenvalue weighted by atomic mass is 10.4. The zero-order valence-corrected chi connectivity index (χ0v) is 5.02. The van der Waals surface area contributed by atoms with Gasteiger partial charge in [0.25, 0.3) is 0 Å². The van der Waals surface area contributed by atoms with Crippen LogP contribution in [0.15, 0.2) is 0 Å². The first kappa shape index (κ1) is 5.76. The normalized spacial score (nSPS) is 22.6. The van der Waals surface area contributed by atoms with Crippen molar-refractivity contribution in [3.05, 3.63) is 0 Å². The van der Waals surface area contributed by atoms with E-state index in [-0.39, 0.29) is 12.2 Å². The van der Waals surface area contributed by atoms with E-state index in [1.54, 1.807) is 0 Å². The van der Waals surface area contributed by atoms with Crippen LogP contribution >= 0.6 is 0 Å². The third-order valence-electron chi connectivity index (χ3n) is 1.45. The summed E-state index contributed by atoms with van der Waals surface area (Å²) in [6, 6.07) is 0. The highest BCUT2D eigenvalue weighted by Crippen LogP contribution is 2.38. The Kier molecular flexibility index (Phi) is 1.34. The lowest BCUT2D eigenvalue weighted by Crippen LogP contribution is -2.09. The maximum Gasteiger partial charge on any atom is 0.145 e. The van der Waals surface area contributed by atoms with Gasteiger partial charge in [-0.3, -0.25) is 0 Å². The topological polar surface area (TPSA) is 26.3 Å². The van der Waals surface area contributed by atoms with Crippen molar-refractivity contribution in [2.75, 3.05) is 6.61 Å². The van der Waals surface area contributed by atoms with Gasteiger partial charge in [0.2, 0.25) is 0 Å². The van der Waals surface area contributed by atoms with Crippen LogP contribution in [-0.4, -0.2) is 18.5 Å². The quantitative estimate of drug-likeness (QED) is 0.506. The van der Waals surface area contributed by atoms with Crippen LogP contribution in [0.3, 0.4) is 0 Å². The van der Waals surface area contributed by atoms with E-state index in [4.69, 9.17) is 4.74 Å². The molecule has 2 heteroatoms. The Morgan fingerprint density at radius 3 is 2.75 bits per heavy atom. The molecule has 0 aliphatic heterocycles. The zero-order valence-electron chi connectivity index (χ0n) is 5.02. The summed E-state index contributed by atoms with van der Waals surface area (Å²) in [5, 5.41) is 0. The molecule has 0 aromatic rings. The van der Waals surface area contributed by atoms with Gasteiger partial charge in [-0.05, 0) is 19.8 Å². The van der Waals surface area contributed by atoms with Crippen molar-refractivity contribution >= 4 is 6.29 Å². The van der Waals surface area contributed by atoms with Crippen molar-refractivity contribution < 1.29 is 9.53 Å². The monoisotopic (exact) mass is 114 g/mol. The molecule has 1 fully saturated rings. The minimum Gasteiger partial charge on any atom is -0.368 e. The highest BCUT2D eigenvalue weighted by atomic mass is 16.5. The summed E-state index contributed by atoms with van der Waals surface area (Å²) < 4.78 is 5.12. The van der Waals surface area contributed by atoms with E-state index in [0.717, 1.165) is 19.1 Å². The van der Waals surface area contributed by atoms with Crippen molar-refractivity contribution in [3.63, 3.8) is 0 Å². The lowest BCUT2D eigenvalue weighted by Gasteiger charge is -2.04. The van der Waals surface area contributed by atoms with E-state index in [1.807, 2.05) is 6.92 Å². The largest absolute Gasteiger partial charge is 0.368 e. The molecule has 1 aliphatic carbocycles. The Balaban J connectivity index is 2.09. The average molecular weight is 114 g/mol. The molecule has 0 spiro atoms. The Hall–Kier alpha value is -0.370. The summed E-state index contributed by atoms with van der Waals surface area (Å²) in [7, 11) is 0. The maximum absolute atomic E-state index is 9.75. The number of rotatable bonds is 3. The first-order valence-electron chi connectivity index (χ1n) is 2.84. The van der Waals surface area contributed by atoms with Gasteiger partial charge >= 0.3 is 0 Å². The van der Waals surface area contributed by atoms with E-state index in [9.17, 15) is 4.79 Å². The number of ether oxygens (including phenoxy) is 1. The summed E-state index contributed by atoms with van der Waals surface area (Å²) in [4.78, 5) is 9.75. The molecule has 0 heterocycles. The van der Waals surface area contributed by atoms with Crippen molar-refractivity contribution in [2.24, 2.45) is 0 Å². The highest BCUT2D eigenvalue weighted by Gasteiger charge is 2.38. The Morgan fingerprint density at radius 1 is 1.75 bits per heavy atom. The van der Waals surface area contributed by atoms with Gasteiger partial charge in [0.05, 0.1) is 5.60 Å². The van der Waals surface area contributed by atoms with Gasteiger partial charge in [-0.15, -0.1) is 0 Å². The molecule has 0 aromatic heterocycles. The van der Waals surface area contributed by atoms with Gasteiger partial charge in [0, 0.05) is 0 Å². The first-order valence-corrected chi connectivity index (χ1v) is 2.84. The van der Waals surface area contributed by atoms with Gasteiger partial charge < -0.3 is 9.53 Å². The van der Waals surface area contributed by atoms with Gasteiger partial charge in [0.1, 0.15) is 12.9 Å². The summed E-state index contributed by atoms with van der Waals surface area (Å²) >= 11 is 0. The smallest absolute Gasteiger partial charge is 0.145 e. The highest BCUT2D eigenvalue weighted by molar-refractivity contribution is 5.50. The van der Waals surface area contributed by atoms with Crippen molar-refractivity contribution in [3.8, 4) is 0 Å². The summed E-state index contributed by atoms with van der Waals surface area (Å²) in [6.07, 6.45) is 3.02. The molecule has 0 unspecified atom stereocenters. The molecule has 0 bridgehead atoms.